The minimum absolute atomic E-state index is 0.653. The van der Waals surface area contributed by atoms with E-state index >= 15 is 0 Å². The summed E-state index contributed by atoms with van der Waals surface area (Å²) < 4.78 is 1.95. The number of aryl methyl sites for hydroxylation is 1. The second-order valence-corrected chi connectivity index (χ2v) is 5.97. The molecule has 1 aliphatic carbocycles. The Morgan fingerprint density at radius 1 is 1.44 bits per heavy atom. The van der Waals surface area contributed by atoms with Gasteiger partial charge in [-0.05, 0) is 33.1 Å². The first-order valence-electron chi connectivity index (χ1n) is 7.11. The van der Waals surface area contributed by atoms with E-state index in [4.69, 9.17) is 0 Å². The lowest BCUT2D eigenvalue weighted by Gasteiger charge is -2.19. The minimum Gasteiger partial charge on any atom is -0.308 e. The predicted octanol–water partition coefficient (Wildman–Crippen LogP) is 1.44. The number of likely N-dealkylation sites (tertiary alicyclic amines) is 1. The second kappa shape index (κ2) is 4.67. The molecule has 4 heteroatoms. The van der Waals surface area contributed by atoms with Gasteiger partial charge in [0.15, 0.2) is 0 Å². The summed E-state index contributed by atoms with van der Waals surface area (Å²) in [5.41, 5.74) is 2.60. The number of hydrogen-bond donors (Lipinski definition) is 1. The lowest BCUT2D eigenvalue weighted by Crippen LogP contribution is -2.33. The quantitative estimate of drug-likeness (QED) is 0.875. The van der Waals surface area contributed by atoms with Crippen LogP contribution in [0.4, 0.5) is 0 Å². The van der Waals surface area contributed by atoms with Gasteiger partial charge in [0.2, 0.25) is 0 Å². The molecule has 0 bridgehead atoms. The molecule has 0 aromatic carbocycles. The number of nitrogens with one attached hydrogen (secondary N) is 1. The van der Waals surface area contributed by atoms with Crippen molar-refractivity contribution in [3.05, 3.63) is 17.5 Å². The third-order valence-electron chi connectivity index (χ3n) is 4.56. The van der Waals surface area contributed by atoms with E-state index in [1.54, 1.807) is 0 Å². The Bertz CT molecular complexity index is 421. The number of nitrogens with zero attached hydrogens (tertiary/aromatic N) is 3. The van der Waals surface area contributed by atoms with Gasteiger partial charge in [0, 0.05) is 49.5 Å². The number of hydrogen-bond acceptors (Lipinski definition) is 3. The molecule has 0 spiro atoms. The molecule has 1 aromatic heterocycles. The summed E-state index contributed by atoms with van der Waals surface area (Å²) in [6, 6.07) is 2.30. The van der Waals surface area contributed by atoms with E-state index in [1.807, 2.05) is 17.9 Å². The second-order valence-electron chi connectivity index (χ2n) is 5.97. The fourth-order valence-corrected chi connectivity index (χ4v) is 3.09. The van der Waals surface area contributed by atoms with Crippen LogP contribution in [0.1, 0.15) is 37.4 Å². The van der Waals surface area contributed by atoms with Crippen LogP contribution in [-0.2, 0) is 13.6 Å². The van der Waals surface area contributed by atoms with Crippen molar-refractivity contribution < 1.29 is 0 Å². The zero-order valence-corrected chi connectivity index (χ0v) is 11.7. The van der Waals surface area contributed by atoms with Gasteiger partial charge in [-0.2, -0.15) is 5.10 Å². The molecule has 2 aliphatic rings. The molecule has 2 unspecified atom stereocenters. The van der Waals surface area contributed by atoms with Crippen LogP contribution in [-0.4, -0.2) is 39.4 Å². The average Bonchev–Trinajstić information content (AvgIpc) is 3.05. The SMILES string of the molecule is Cc1c(CNC2CC(C)N(C3CC3)C2)cnn1C. The van der Waals surface area contributed by atoms with Crippen LogP contribution in [0.15, 0.2) is 6.20 Å². The Balaban J connectivity index is 1.53. The molecule has 2 heterocycles. The third-order valence-corrected chi connectivity index (χ3v) is 4.56. The standard InChI is InChI=1S/C14H24N4/c1-10-6-13(9-18(10)14-4-5-14)15-7-12-8-16-17(3)11(12)2/h8,10,13-15H,4-7,9H2,1-3H3. The Hall–Kier alpha value is -0.870. The Kier molecular flexibility index (Phi) is 3.16. The smallest absolute Gasteiger partial charge is 0.0537 e. The normalized spacial score (nSPS) is 29.1. The zero-order valence-electron chi connectivity index (χ0n) is 11.7. The maximum atomic E-state index is 4.30. The van der Waals surface area contributed by atoms with Gasteiger partial charge in [-0.3, -0.25) is 9.58 Å². The summed E-state index contributed by atoms with van der Waals surface area (Å²) in [5, 5.41) is 8.00. The van der Waals surface area contributed by atoms with Gasteiger partial charge >= 0.3 is 0 Å². The summed E-state index contributed by atoms with van der Waals surface area (Å²) in [6.45, 7) is 6.69. The molecule has 2 fully saturated rings. The summed E-state index contributed by atoms with van der Waals surface area (Å²) >= 11 is 0. The van der Waals surface area contributed by atoms with Gasteiger partial charge in [-0.25, -0.2) is 0 Å². The van der Waals surface area contributed by atoms with Crippen LogP contribution in [0, 0.1) is 6.92 Å². The van der Waals surface area contributed by atoms with Crippen molar-refractivity contribution in [3.63, 3.8) is 0 Å². The highest BCUT2D eigenvalue weighted by molar-refractivity contribution is 5.15. The van der Waals surface area contributed by atoms with Crippen molar-refractivity contribution in [2.45, 2.75) is 57.8 Å². The molecular weight excluding hydrogens is 224 g/mol. The van der Waals surface area contributed by atoms with E-state index in [-0.39, 0.29) is 0 Å². The minimum atomic E-state index is 0.653. The topological polar surface area (TPSA) is 33.1 Å². The third kappa shape index (κ3) is 2.31. The van der Waals surface area contributed by atoms with Crippen molar-refractivity contribution in [1.29, 1.82) is 0 Å². The van der Waals surface area contributed by atoms with E-state index in [0.29, 0.717) is 6.04 Å². The van der Waals surface area contributed by atoms with E-state index in [2.05, 4.69) is 29.2 Å². The fourth-order valence-electron chi connectivity index (χ4n) is 3.09. The monoisotopic (exact) mass is 248 g/mol. The molecule has 0 amide bonds. The van der Waals surface area contributed by atoms with Crippen LogP contribution in [0.5, 0.6) is 0 Å². The molecule has 4 nitrogen and oxygen atoms in total. The van der Waals surface area contributed by atoms with E-state index < -0.39 is 0 Å². The first kappa shape index (κ1) is 12.2. The van der Waals surface area contributed by atoms with Crippen molar-refractivity contribution in [2.75, 3.05) is 6.54 Å². The summed E-state index contributed by atoms with van der Waals surface area (Å²) in [6.07, 6.45) is 6.10. The fraction of sp³-hybridized carbons (Fsp3) is 0.786. The maximum Gasteiger partial charge on any atom is 0.0537 e. The van der Waals surface area contributed by atoms with Crippen molar-refractivity contribution >= 4 is 0 Å². The lowest BCUT2D eigenvalue weighted by molar-refractivity contribution is 0.255. The van der Waals surface area contributed by atoms with Crippen molar-refractivity contribution in [2.24, 2.45) is 7.05 Å². The van der Waals surface area contributed by atoms with Gasteiger partial charge in [-0.1, -0.05) is 0 Å². The van der Waals surface area contributed by atoms with Crippen LogP contribution < -0.4 is 5.32 Å². The van der Waals surface area contributed by atoms with Gasteiger partial charge in [-0.15, -0.1) is 0 Å². The Labute approximate surface area is 109 Å². The Morgan fingerprint density at radius 3 is 2.83 bits per heavy atom. The van der Waals surface area contributed by atoms with Crippen LogP contribution in [0.3, 0.4) is 0 Å². The highest BCUT2D eigenvalue weighted by atomic mass is 15.3. The lowest BCUT2D eigenvalue weighted by atomic mass is 10.2. The number of aromatic nitrogens is 2. The van der Waals surface area contributed by atoms with Crippen LogP contribution in [0.2, 0.25) is 0 Å². The molecule has 1 aromatic rings. The maximum absolute atomic E-state index is 4.30. The summed E-state index contributed by atoms with van der Waals surface area (Å²) in [5.74, 6) is 0. The highest BCUT2D eigenvalue weighted by Crippen LogP contribution is 2.33. The first-order valence-corrected chi connectivity index (χ1v) is 7.11. The highest BCUT2D eigenvalue weighted by Gasteiger charge is 2.38. The molecule has 1 saturated heterocycles. The molecule has 1 saturated carbocycles. The summed E-state index contributed by atoms with van der Waals surface area (Å²) in [4.78, 5) is 2.69. The van der Waals surface area contributed by atoms with Gasteiger partial charge in [0.05, 0.1) is 6.20 Å². The molecule has 1 aliphatic heterocycles. The molecule has 0 radical (unpaired) electrons. The molecule has 100 valence electrons. The molecule has 18 heavy (non-hydrogen) atoms. The van der Waals surface area contributed by atoms with Crippen LogP contribution in [0.25, 0.3) is 0 Å². The molecular formula is C14H24N4. The Morgan fingerprint density at radius 2 is 2.22 bits per heavy atom. The van der Waals surface area contributed by atoms with Crippen molar-refractivity contribution in [3.8, 4) is 0 Å². The van der Waals surface area contributed by atoms with E-state index in [0.717, 1.165) is 18.6 Å². The van der Waals surface area contributed by atoms with Gasteiger partial charge in [0.25, 0.3) is 0 Å². The van der Waals surface area contributed by atoms with Gasteiger partial charge < -0.3 is 5.32 Å². The number of rotatable bonds is 4. The molecule has 3 rings (SSSR count). The van der Waals surface area contributed by atoms with Crippen molar-refractivity contribution in [1.82, 2.24) is 20.0 Å². The average molecular weight is 248 g/mol. The van der Waals surface area contributed by atoms with E-state index in [1.165, 1.54) is 37.1 Å². The summed E-state index contributed by atoms with van der Waals surface area (Å²) in [7, 11) is 2.01. The van der Waals surface area contributed by atoms with Gasteiger partial charge in [0.1, 0.15) is 0 Å². The first-order chi connectivity index (χ1) is 8.65. The molecule has 2 atom stereocenters. The van der Waals surface area contributed by atoms with Crippen LogP contribution >= 0.6 is 0 Å². The largest absolute Gasteiger partial charge is 0.308 e. The molecule has 1 N–H and O–H groups in total. The van der Waals surface area contributed by atoms with E-state index in [9.17, 15) is 0 Å². The predicted molar refractivity (Wildman–Crippen MR) is 72.4 cm³/mol. The zero-order chi connectivity index (χ0) is 12.7.